The number of aryl methyl sites for hydroxylation is 1. The molecule has 0 spiro atoms. The maximum atomic E-state index is 13.5. The molecule has 6 heteroatoms. The van der Waals surface area contributed by atoms with E-state index in [-0.39, 0.29) is 16.7 Å². The molecule has 0 aromatic carbocycles. The minimum atomic E-state index is -2.91. The van der Waals surface area contributed by atoms with Crippen molar-refractivity contribution < 1.29 is 13.6 Å². The molecule has 1 aliphatic rings. The Morgan fingerprint density at radius 2 is 2.08 bits per heavy atom. The number of allylic oxidation sites excluding steroid dienone is 2. The van der Waals surface area contributed by atoms with Crippen molar-refractivity contribution in [2.45, 2.75) is 70.0 Å². The van der Waals surface area contributed by atoms with Gasteiger partial charge in [-0.3, -0.25) is 9.48 Å². The highest BCUT2D eigenvalue weighted by atomic mass is 32.2. The molecule has 0 aliphatic carbocycles. The van der Waals surface area contributed by atoms with Crippen LogP contribution in [0.25, 0.3) is 0 Å². The number of alkyl halides is 2. The largest absolute Gasteiger partial charge is 0.294 e. The van der Waals surface area contributed by atoms with Crippen molar-refractivity contribution in [1.82, 2.24) is 9.78 Å². The second-order valence-corrected chi connectivity index (χ2v) is 7.71. The zero-order valence-electron chi connectivity index (χ0n) is 14.6. The first kappa shape index (κ1) is 19.2. The third-order valence-electron chi connectivity index (χ3n) is 4.25. The van der Waals surface area contributed by atoms with Crippen molar-refractivity contribution in [2.75, 3.05) is 0 Å². The average molecular weight is 356 g/mol. The zero-order valence-corrected chi connectivity index (χ0v) is 15.5. The second kappa shape index (κ2) is 8.28. The fourth-order valence-electron chi connectivity index (χ4n) is 2.89. The Labute approximate surface area is 146 Å². The second-order valence-electron chi connectivity index (χ2n) is 6.46. The van der Waals surface area contributed by atoms with Gasteiger partial charge < -0.3 is 0 Å². The summed E-state index contributed by atoms with van der Waals surface area (Å²) in [5.74, 6) is -2.73. The van der Waals surface area contributed by atoms with Crippen molar-refractivity contribution >= 4 is 17.5 Å². The van der Waals surface area contributed by atoms with Crippen molar-refractivity contribution in [2.24, 2.45) is 7.05 Å². The summed E-state index contributed by atoms with van der Waals surface area (Å²) in [5, 5.41) is 4.18. The predicted molar refractivity (Wildman–Crippen MR) is 94.2 cm³/mol. The van der Waals surface area contributed by atoms with Gasteiger partial charge in [-0.2, -0.15) is 13.9 Å². The van der Waals surface area contributed by atoms with Crippen LogP contribution in [0.15, 0.2) is 17.0 Å². The standard InChI is InChI=1S/C18H26F2N2OS/c1-4-5-6-7-8-9-14(23)16-11-10-15(24-16)13-12-17(18(2,19)20)22(3)21-13/h11-12,15H,4-10H2,1-3H3. The monoisotopic (exact) mass is 356 g/mol. The van der Waals surface area contributed by atoms with Crippen LogP contribution in [0, 0.1) is 0 Å². The van der Waals surface area contributed by atoms with Gasteiger partial charge in [-0.15, -0.1) is 11.8 Å². The van der Waals surface area contributed by atoms with Gasteiger partial charge in [0, 0.05) is 25.3 Å². The number of Topliss-reactive ketones (excluding diaryl/α,β-unsaturated/α-hetero) is 1. The number of hydrogen-bond acceptors (Lipinski definition) is 3. The number of nitrogens with zero attached hydrogens (tertiary/aromatic N) is 2. The number of unbranched alkanes of at least 4 members (excludes halogenated alkanes) is 4. The van der Waals surface area contributed by atoms with Crippen LogP contribution in [0.5, 0.6) is 0 Å². The molecule has 134 valence electrons. The summed E-state index contributed by atoms with van der Waals surface area (Å²) in [7, 11) is 1.53. The minimum absolute atomic E-state index is 0.0358. The van der Waals surface area contributed by atoms with Crippen molar-refractivity contribution in [3.05, 3.63) is 28.4 Å². The number of thioether (sulfide) groups is 1. The maximum Gasteiger partial charge on any atom is 0.286 e. The predicted octanol–water partition coefficient (Wildman–Crippen LogP) is 5.52. The molecule has 0 saturated carbocycles. The Kier molecular flexibility index (Phi) is 6.61. The fraction of sp³-hybridized carbons (Fsp3) is 0.667. The molecule has 0 amide bonds. The third kappa shape index (κ3) is 4.91. The lowest BCUT2D eigenvalue weighted by molar-refractivity contribution is -0.115. The van der Waals surface area contributed by atoms with E-state index in [0.717, 1.165) is 24.7 Å². The van der Waals surface area contributed by atoms with Gasteiger partial charge in [0.1, 0.15) is 5.69 Å². The van der Waals surface area contributed by atoms with Gasteiger partial charge >= 0.3 is 0 Å². The van der Waals surface area contributed by atoms with E-state index in [9.17, 15) is 13.6 Å². The minimum Gasteiger partial charge on any atom is -0.294 e. The molecule has 0 saturated heterocycles. The number of halogens is 2. The molecule has 1 unspecified atom stereocenters. The zero-order chi connectivity index (χ0) is 17.7. The Morgan fingerprint density at radius 1 is 1.38 bits per heavy atom. The number of rotatable bonds is 9. The molecule has 0 N–H and O–H groups in total. The quantitative estimate of drug-likeness (QED) is 0.546. The number of hydrogen-bond donors (Lipinski definition) is 0. The van der Waals surface area contributed by atoms with Crippen LogP contribution in [-0.2, 0) is 17.8 Å². The van der Waals surface area contributed by atoms with Gasteiger partial charge in [0.2, 0.25) is 0 Å². The molecule has 0 bridgehead atoms. The fourth-order valence-corrected chi connectivity index (χ4v) is 4.06. The molecule has 2 heterocycles. The molecular weight excluding hydrogens is 330 g/mol. The van der Waals surface area contributed by atoms with Gasteiger partial charge in [-0.05, 0) is 18.9 Å². The van der Waals surface area contributed by atoms with Crippen molar-refractivity contribution in [3.63, 3.8) is 0 Å². The van der Waals surface area contributed by atoms with E-state index in [4.69, 9.17) is 0 Å². The average Bonchev–Trinajstić information content (AvgIpc) is 3.12. The van der Waals surface area contributed by atoms with Gasteiger partial charge in [0.15, 0.2) is 5.78 Å². The van der Waals surface area contributed by atoms with E-state index < -0.39 is 5.92 Å². The first-order chi connectivity index (χ1) is 11.3. The van der Waals surface area contributed by atoms with Crippen LogP contribution >= 0.6 is 11.8 Å². The van der Waals surface area contributed by atoms with E-state index in [1.165, 1.54) is 48.8 Å². The molecular formula is C18H26F2N2OS. The van der Waals surface area contributed by atoms with E-state index in [2.05, 4.69) is 12.0 Å². The van der Waals surface area contributed by atoms with Gasteiger partial charge in [0.05, 0.1) is 10.9 Å². The summed E-state index contributed by atoms with van der Waals surface area (Å²) in [6.45, 7) is 3.05. The number of aromatic nitrogens is 2. The lowest BCUT2D eigenvalue weighted by atomic mass is 10.1. The highest BCUT2D eigenvalue weighted by Gasteiger charge is 2.32. The first-order valence-corrected chi connectivity index (χ1v) is 9.53. The molecule has 1 aromatic heterocycles. The SMILES string of the molecule is CCCCCCCC(=O)C1=CCC(c2cc(C(C)(F)F)n(C)n2)S1. The first-order valence-electron chi connectivity index (χ1n) is 8.65. The Balaban J connectivity index is 1.87. The van der Waals surface area contributed by atoms with Crippen LogP contribution in [0.4, 0.5) is 8.78 Å². The summed E-state index contributed by atoms with van der Waals surface area (Å²) in [5.41, 5.74) is 0.537. The molecule has 2 rings (SSSR count). The van der Waals surface area contributed by atoms with Crippen LogP contribution in [-0.4, -0.2) is 15.6 Å². The normalized spacial score (nSPS) is 18.0. The summed E-state index contributed by atoms with van der Waals surface area (Å²) < 4.78 is 28.3. The number of carbonyl (C=O) groups is 1. The van der Waals surface area contributed by atoms with Crippen LogP contribution < -0.4 is 0 Å². The summed E-state index contributed by atoms with van der Waals surface area (Å²) in [6, 6.07) is 1.46. The van der Waals surface area contributed by atoms with Crippen LogP contribution in [0.1, 0.15) is 75.4 Å². The highest BCUT2D eigenvalue weighted by Crippen LogP contribution is 2.44. The van der Waals surface area contributed by atoms with E-state index >= 15 is 0 Å². The van der Waals surface area contributed by atoms with Crippen LogP contribution in [0.3, 0.4) is 0 Å². The Hall–Kier alpha value is -1.17. The third-order valence-corrected chi connectivity index (χ3v) is 5.61. The Bertz CT molecular complexity index is 605. The van der Waals surface area contributed by atoms with Gasteiger partial charge in [0.25, 0.3) is 5.92 Å². The van der Waals surface area contributed by atoms with Gasteiger partial charge in [-0.1, -0.05) is 38.7 Å². The van der Waals surface area contributed by atoms with Gasteiger partial charge in [-0.25, -0.2) is 0 Å². The molecule has 24 heavy (non-hydrogen) atoms. The maximum absolute atomic E-state index is 13.5. The number of carbonyl (C=O) groups excluding carboxylic acids is 1. The molecule has 1 atom stereocenters. The van der Waals surface area contributed by atoms with Crippen molar-refractivity contribution in [3.8, 4) is 0 Å². The van der Waals surface area contributed by atoms with Crippen molar-refractivity contribution in [1.29, 1.82) is 0 Å². The molecule has 3 nitrogen and oxygen atoms in total. The highest BCUT2D eigenvalue weighted by molar-refractivity contribution is 8.04. The summed E-state index contributed by atoms with van der Waals surface area (Å²) in [6.07, 6.45) is 8.80. The molecule has 0 radical (unpaired) electrons. The van der Waals surface area contributed by atoms with E-state index in [0.29, 0.717) is 18.5 Å². The van der Waals surface area contributed by atoms with E-state index in [1.807, 2.05) is 6.08 Å². The smallest absolute Gasteiger partial charge is 0.286 e. The lowest BCUT2D eigenvalue weighted by Crippen LogP contribution is -2.12. The van der Waals surface area contributed by atoms with E-state index in [1.54, 1.807) is 0 Å². The summed E-state index contributed by atoms with van der Waals surface area (Å²) >= 11 is 1.46. The molecule has 1 aromatic rings. The van der Waals surface area contributed by atoms with Crippen LogP contribution in [0.2, 0.25) is 0 Å². The molecule has 0 fully saturated rings. The summed E-state index contributed by atoms with van der Waals surface area (Å²) in [4.78, 5) is 13.0. The Morgan fingerprint density at radius 3 is 2.71 bits per heavy atom. The number of ketones is 1. The molecule has 1 aliphatic heterocycles. The topological polar surface area (TPSA) is 34.9 Å². The lowest BCUT2D eigenvalue weighted by Gasteiger charge is -2.09.